The van der Waals surface area contributed by atoms with Crippen molar-refractivity contribution in [3.63, 3.8) is 0 Å². The molecule has 3 aromatic rings. The van der Waals surface area contributed by atoms with Crippen LogP contribution < -0.4 is 10.0 Å². The van der Waals surface area contributed by atoms with E-state index in [1.807, 2.05) is 42.5 Å². The predicted octanol–water partition coefficient (Wildman–Crippen LogP) is 3.11. The number of para-hydroxylation sites is 1. The summed E-state index contributed by atoms with van der Waals surface area (Å²) >= 11 is 0. The van der Waals surface area contributed by atoms with Gasteiger partial charge in [0.25, 0.3) is 0 Å². The molecule has 1 aromatic heterocycles. The lowest BCUT2D eigenvalue weighted by Gasteiger charge is -2.11. The molecule has 27 heavy (non-hydrogen) atoms. The van der Waals surface area contributed by atoms with E-state index in [9.17, 15) is 8.42 Å². The summed E-state index contributed by atoms with van der Waals surface area (Å²) in [7, 11) is -3.29. The normalized spacial score (nSPS) is 11.6. The molecule has 2 N–H and O–H groups in total. The number of nitrogens with zero attached hydrogens (tertiary/aromatic N) is 2. The molecule has 0 unspecified atom stereocenters. The SMILES string of the molecule is CCS(=O)(=O)NCc1nc(NCCCc2ccccc2)c2ccccc2n1. The Morgan fingerprint density at radius 2 is 1.70 bits per heavy atom. The van der Waals surface area contributed by atoms with Crippen molar-refractivity contribution in [1.82, 2.24) is 14.7 Å². The van der Waals surface area contributed by atoms with E-state index in [4.69, 9.17) is 0 Å². The number of hydrogen-bond acceptors (Lipinski definition) is 5. The van der Waals surface area contributed by atoms with Crippen molar-refractivity contribution in [2.45, 2.75) is 26.3 Å². The number of rotatable bonds is 9. The Kier molecular flexibility index (Phi) is 6.36. The molecule has 7 heteroatoms. The van der Waals surface area contributed by atoms with E-state index in [2.05, 4.69) is 32.1 Å². The van der Waals surface area contributed by atoms with Gasteiger partial charge in [-0.1, -0.05) is 42.5 Å². The third-order valence-electron chi connectivity index (χ3n) is 4.26. The highest BCUT2D eigenvalue weighted by Crippen LogP contribution is 2.20. The molecule has 1 heterocycles. The van der Waals surface area contributed by atoms with Crippen molar-refractivity contribution in [2.75, 3.05) is 17.6 Å². The van der Waals surface area contributed by atoms with Gasteiger partial charge in [-0.15, -0.1) is 0 Å². The minimum atomic E-state index is -3.29. The van der Waals surface area contributed by atoms with E-state index >= 15 is 0 Å². The van der Waals surface area contributed by atoms with Gasteiger partial charge in [-0.25, -0.2) is 23.1 Å². The third-order valence-corrected chi connectivity index (χ3v) is 5.60. The topological polar surface area (TPSA) is 84.0 Å². The molecule has 0 bridgehead atoms. The number of benzene rings is 2. The average Bonchev–Trinajstić information content (AvgIpc) is 2.70. The third kappa shape index (κ3) is 5.48. The minimum Gasteiger partial charge on any atom is -0.369 e. The Labute approximate surface area is 160 Å². The average molecular weight is 385 g/mol. The van der Waals surface area contributed by atoms with Crippen molar-refractivity contribution in [2.24, 2.45) is 0 Å². The van der Waals surface area contributed by atoms with Gasteiger partial charge in [-0.3, -0.25) is 0 Å². The van der Waals surface area contributed by atoms with Crippen LogP contribution in [-0.4, -0.2) is 30.7 Å². The van der Waals surface area contributed by atoms with E-state index in [0.717, 1.165) is 36.1 Å². The molecule has 2 aromatic carbocycles. The predicted molar refractivity (Wildman–Crippen MR) is 109 cm³/mol. The smallest absolute Gasteiger partial charge is 0.211 e. The fraction of sp³-hybridized carbons (Fsp3) is 0.300. The molecule has 0 aliphatic carbocycles. The first-order chi connectivity index (χ1) is 13.1. The lowest BCUT2D eigenvalue weighted by molar-refractivity contribution is 0.580. The maximum absolute atomic E-state index is 11.7. The summed E-state index contributed by atoms with van der Waals surface area (Å²) in [5, 5.41) is 4.31. The fourth-order valence-corrected chi connectivity index (χ4v) is 3.31. The highest BCUT2D eigenvalue weighted by atomic mass is 32.2. The molecular weight excluding hydrogens is 360 g/mol. The van der Waals surface area contributed by atoms with Crippen LogP contribution in [0.4, 0.5) is 5.82 Å². The molecule has 0 amide bonds. The summed E-state index contributed by atoms with van der Waals surface area (Å²) < 4.78 is 25.9. The Bertz CT molecular complexity index is 991. The lowest BCUT2D eigenvalue weighted by atomic mass is 10.1. The van der Waals surface area contributed by atoms with Gasteiger partial charge in [-0.05, 0) is 37.5 Å². The quantitative estimate of drug-likeness (QED) is 0.554. The monoisotopic (exact) mass is 384 g/mol. The number of aryl methyl sites for hydroxylation is 1. The van der Waals surface area contributed by atoms with Crippen LogP contribution in [0.15, 0.2) is 54.6 Å². The lowest BCUT2D eigenvalue weighted by Crippen LogP contribution is -2.26. The molecule has 0 saturated heterocycles. The van der Waals surface area contributed by atoms with Crippen LogP contribution in [0.5, 0.6) is 0 Å². The van der Waals surface area contributed by atoms with E-state index < -0.39 is 10.0 Å². The Morgan fingerprint density at radius 3 is 2.48 bits per heavy atom. The summed E-state index contributed by atoms with van der Waals surface area (Å²) in [6.45, 7) is 2.46. The Balaban J connectivity index is 1.70. The Hall–Kier alpha value is -2.51. The highest BCUT2D eigenvalue weighted by Gasteiger charge is 2.11. The first kappa shape index (κ1) is 19.3. The zero-order chi connectivity index (χ0) is 19.1. The number of sulfonamides is 1. The summed E-state index contributed by atoms with van der Waals surface area (Å²) in [4.78, 5) is 9.00. The molecule has 0 atom stereocenters. The van der Waals surface area contributed by atoms with Crippen molar-refractivity contribution in [1.29, 1.82) is 0 Å². The van der Waals surface area contributed by atoms with Gasteiger partial charge in [0.1, 0.15) is 11.6 Å². The van der Waals surface area contributed by atoms with Crippen LogP contribution in [0.1, 0.15) is 24.7 Å². The second-order valence-corrected chi connectivity index (χ2v) is 8.34. The summed E-state index contributed by atoms with van der Waals surface area (Å²) in [6.07, 6.45) is 1.96. The first-order valence-electron chi connectivity index (χ1n) is 9.08. The van der Waals surface area contributed by atoms with Crippen LogP contribution in [-0.2, 0) is 23.0 Å². The van der Waals surface area contributed by atoms with Crippen LogP contribution in [0.2, 0.25) is 0 Å². The highest BCUT2D eigenvalue weighted by molar-refractivity contribution is 7.89. The number of hydrogen-bond donors (Lipinski definition) is 2. The van der Waals surface area contributed by atoms with Crippen molar-refractivity contribution < 1.29 is 8.42 Å². The molecule has 0 fully saturated rings. The molecule has 0 saturated carbocycles. The van der Waals surface area contributed by atoms with E-state index in [0.29, 0.717) is 5.82 Å². The van der Waals surface area contributed by atoms with E-state index in [-0.39, 0.29) is 12.3 Å². The number of fused-ring (bicyclic) bond motifs is 1. The molecule has 0 spiro atoms. The number of nitrogens with one attached hydrogen (secondary N) is 2. The second-order valence-electron chi connectivity index (χ2n) is 6.25. The van der Waals surface area contributed by atoms with Gasteiger partial charge in [0.15, 0.2) is 0 Å². The summed E-state index contributed by atoms with van der Waals surface area (Å²) in [6, 6.07) is 18.1. The molecule has 6 nitrogen and oxygen atoms in total. The Morgan fingerprint density at radius 1 is 0.963 bits per heavy atom. The van der Waals surface area contributed by atoms with Gasteiger partial charge in [-0.2, -0.15) is 0 Å². The van der Waals surface area contributed by atoms with Crippen LogP contribution >= 0.6 is 0 Å². The van der Waals surface area contributed by atoms with E-state index in [1.165, 1.54) is 5.56 Å². The first-order valence-corrected chi connectivity index (χ1v) is 10.7. The second kappa shape index (κ2) is 8.92. The van der Waals surface area contributed by atoms with Crippen molar-refractivity contribution >= 4 is 26.7 Å². The largest absolute Gasteiger partial charge is 0.369 e. The standard InChI is InChI=1S/C20H24N4O2S/c1-2-27(25,26)22-15-19-23-18-13-7-6-12-17(18)20(24-19)21-14-8-11-16-9-4-3-5-10-16/h3-7,9-10,12-13,22H,2,8,11,14-15H2,1H3,(H,21,23,24). The van der Waals surface area contributed by atoms with Crippen molar-refractivity contribution in [3.8, 4) is 0 Å². The molecule has 142 valence electrons. The fourth-order valence-electron chi connectivity index (χ4n) is 2.76. The summed E-state index contributed by atoms with van der Waals surface area (Å²) in [5.41, 5.74) is 2.10. The summed E-state index contributed by atoms with van der Waals surface area (Å²) in [5.74, 6) is 1.22. The zero-order valence-corrected chi connectivity index (χ0v) is 16.2. The minimum absolute atomic E-state index is 0.0329. The molecule has 3 rings (SSSR count). The van der Waals surface area contributed by atoms with Gasteiger partial charge in [0.05, 0.1) is 17.8 Å². The van der Waals surface area contributed by atoms with Crippen molar-refractivity contribution in [3.05, 3.63) is 66.0 Å². The van der Waals surface area contributed by atoms with Gasteiger partial charge >= 0.3 is 0 Å². The van der Waals surface area contributed by atoms with Gasteiger partial charge < -0.3 is 5.32 Å². The van der Waals surface area contributed by atoms with Crippen LogP contribution in [0.3, 0.4) is 0 Å². The molecule has 0 aliphatic rings. The number of aromatic nitrogens is 2. The molecular formula is C20H24N4O2S. The van der Waals surface area contributed by atoms with Gasteiger partial charge in [0, 0.05) is 11.9 Å². The van der Waals surface area contributed by atoms with E-state index in [1.54, 1.807) is 6.92 Å². The maximum atomic E-state index is 11.7. The van der Waals surface area contributed by atoms with Crippen LogP contribution in [0, 0.1) is 0 Å². The van der Waals surface area contributed by atoms with Crippen LogP contribution in [0.25, 0.3) is 10.9 Å². The molecule has 0 aliphatic heterocycles. The number of anilines is 1. The van der Waals surface area contributed by atoms with Gasteiger partial charge in [0.2, 0.25) is 10.0 Å². The zero-order valence-electron chi connectivity index (χ0n) is 15.4. The molecule has 0 radical (unpaired) electrons. The maximum Gasteiger partial charge on any atom is 0.211 e.